The Morgan fingerprint density at radius 3 is 1.91 bits per heavy atom. The molecule has 230 valence electrons. The number of piperazine rings is 1. The molecule has 1 aliphatic rings. The maximum absolute atomic E-state index is 12.7. The number of rotatable bonds is 12. The summed E-state index contributed by atoms with van der Waals surface area (Å²) in [5.41, 5.74) is 1.83. The Kier molecular flexibility index (Phi) is 11.7. The molecule has 5 amide bonds. The van der Waals surface area contributed by atoms with E-state index >= 15 is 0 Å². The number of hydrogen-bond acceptors (Lipinski definition) is 7. The minimum atomic E-state index is -1.51. The number of benzene rings is 2. The second-order valence-electron chi connectivity index (χ2n) is 9.68. The van der Waals surface area contributed by atoms with Crippen LogP contribution in [0.1, 0.15) is 24.0 Å². The number of nitrogens with zero attached hydrogens (tertiary/aromatic N) is 2. The Bertz CT molecular complexity index is 1300. The van der Waals surface area contributed by atoms with Gasteiger partial charge in [-0.3, -0.25) is 4.79 Å². The number of carboxylic acids is 3. The Labute approximate surface area is 246 Å². The van der Waals surface area contributed by atoms with Crippen LogP contribution in [0.25, 0.3) is 0 Å². The van der Waals surface area contributed by atoms with E-state index in [0.717, 1.165) is 5.56 Å². The van der Waals surface area contributed by atoms with Crippen molar-refractivity contribution in [2.45, 2.75) is 38.0 Å². The molecule has 15 nitrogen and oxygen atoms in total. The third kappa shape index (κ3) is 10.5. The second-order valence-corrected chi connectivity index (χ2v) is 9.68. The van der Waals surface area contributed by atoms with Crippen LogP contribution in [-0.2, 0) is 32.1 Å². The molecule has 1 heterocycles. The number of amides is 5. The average Bonchev–Trinajstić information content (AvgIpc) is 2.98. The van der Waals surface area contributed by atoms with Crippen molar-refractivity contribution in [3.8, 4) is 0 Å². The van der Waals surface area contributed by atoms with Crippen LogP contribution in [0.3, 0.4) is 0 Å². The zero-order chi connectivity index (χ0) is 31.4. The van der Waals surface area contributed by atoms with Crippen molar-refractivity contribution >= 4 is 41.8 Å². The van der Waals surface area contributed by atoms with Crippen molar-refractivity contribution in [1.82, 2.24) is 20.4 Å². The summed E-state index contributed by atoms with van der Waals surface area (Å²) in [5.74, 6) is -4.06. The topological polar surface area (TPSA) is 215 Å². The standard InChI is InChI=1S/C28H33N5O10/c34-23(35)11-10-21(24(36)37)30-26(40)31-22(25(38)39)16-18-6-8-20(9-7-18)29-27(41)32-12-14-33(15-13-32)28(42)43-17-19-4-2-1-3-5-19/h1-9,21-22H,10-17H2,(H,29,41)(H,34,35)(H,36,37)(H,38,39)(H2,30,31,40)/t21-,22-/m0/s1. The minimum absolute atomic E-state index is 0.147. The van der Waals surface area contributed by atoms with E-state index in [1.165, 1.54) is 4.90 Å². The minimum Gasteiger partial charge on any atom is -0.481 e. The molecule has 6 N–H and O–H groups in total. The van der Waals surface area contributed by atoms with Crippen molar-refractivity contribution < 1.29 is 48.8 Å². The van der Waals surface area contributed by atoms with Gasteiger partial charge in [-0.2, -0.15) is 0 Å². The van der Waals surface area contributed by atoms with E-state index in [0.29, 0.717) is 37.4 Å². The van der Waals surface area contributed by atoms with Crippen LogP contribution in [0.2, 0.25) is 0 Å². The van der Waals surface area contributed by atoms with Crippen LogP contribution in [-0.4, -0.2) is 99.4 Å². The molecule has 0 radical (unpaired) electrons. The van der Waals surface area contributed by atoms with Gasteiger partial charge in [-0.1, -0.05) is 42.5 Å². The Hall–Kier alpha value is -5.34. The van der Waals surface area contributed by atoms with Crippen molar-refractivity contribution in [1.29, 1.82) is 0 Å². The molecule has 3 rings (SSSR count). The lowest BCUT2D eigenvalue weighted by molar-refractivity contribution is -0.140. The molecule has 1 fully saturated rings. The Balaban J connectivity index is 1.45. The van der Waals surface area contributed by atoms with E-state index in [4.69, 9.17) is 14.9 Å². The van der Waals surface area contributed by atoms with Gasteiger partial charge >= 0.3 is 36.1 Å². The number of ether oxygens (including phenoxy) is 1. The summed E-state index contributed by atoms with van der Waals surface area (Å²) < 4.78 is 5.34. The number of urea groups is 2. The third-order valence-electron chi connectivity index (χ3n) is 6.53. The number of hydrogen-bond donors (Lipinski definition) is 6. The van der Waals surface area contributed by atoms with Crippen LogP contribution >= 0.6 is 0 Å². The first-order chi connectivity index (χ1) is 20.5. The highest BCUT2D eigenvalue weighted by molar-refractivity contribution is 5.89. The number of carbonyl (C=O) groups excluding carboxylic acids is 3. The normalized spacial score (nSPS) is 14.1. The number of anilines is 1. The van der Waals surface area contributed by atoms with E-state index in [-0.39, 0.29) is 25.5 Å². The predicted molar refractivity (Wildman–Crippen MR) is 150 cm³/mol. The largest absolute Gasteiger partial charge is 0.481 e. The van der Waals surface area contributed by atoms with Gasteiger partial charge in [-0.15, -0.1) is 0 Å². The quantitative estimate of drug-likeness (QED) is 0.208. The van der Waals surface area contributed by atoms with E-state index < -0.39 is 48.5 Å². The fourth-order valence-electron chi connectivity index (χ4n) is 4.15. The molecule has 2 aromatic carbocycles. The van der Waals surface area contributed by atoms with Crippen LogP contribution in [0, 0.1) is 0 Å². The van der Waals surface area contributed by atoms with E-state index in [1.807, 2.05) is 30.3 Å². The van der Waals surface area contributed by atoms with Gasteiger partial charge < -0.3 is 45.8 Å². The summed E-state index contributed by atoms with van der Waals surface area (Å²) in [4.78, 5) is 74.0. The molecule has 0 saturated carbocycles. The number of carboxylic acid groups (broad SMARTS) is 3. The molecular formula is C28H33N5O10. The lowest BCUT2D eigenvalue weighted by Gasteiger charge is -2.34. The monoisotopic (exact) mass is 599 g/mol. The first kappa shape index (κ1) is 32.2. The fraction of sp³-hybridized carbons (Fsp3) is 0.357. The number of carbonyl (C=O) groups is 6. The van der Waals surface area contributed by atoms with Gasteiger partial charge in [0.05, 0.1) is 0 Å². The van der Waals surface area contributed by atoms with Gasteiger partial charge in [-0.25, -0.2) is 24.0 Å². The smallest absolute Gasteiger partial charge is 0.410 e. The molecule has 0 spiro atoms. The molecule has 1 aliphatic heterocycles. The van der Waals surface area contributed by atoms with Crippen LogP contribution in [0.15, 0.2) is 54.6 Å². The van der Waals surface area contributed by atoms with Crippen LogP contribution in [0.4, 0.5) is 20.1 Å². The number of aliphatic carboxylic acids is 3. The lowest BCUT2D eigenvalue weighted by Crippen LogP contribution is -2.51. The van der Waals surface area contributed by atoms with Crippen molar-refractivity contribution in [2.24, 2.45) is 0 Å². The van der Waals surface area contributed by atoms with Crippen molar-refractivity contribution in [3.63, 3.8) is 0 Å². The summed E-state index contributed by atoms with van der Waals surface area (Å²) in [6, 6.07) is 11.2. The highest BCUT2D eigenvalue weighted by Crippen LogP contribution is 2.14. The highest BCUT2D eigenvalue weighted by Gasteiger charge is 2.27. The zero-order valence-corrected chi connectivity index (χ0v) is 23.1. The maximum Gasteiger partial charge on any atom is 0.410 e. The Morgan fingerprint density at radius 1 is 0.744 bits per heavy atom. The maximum atomic E-state index is 12.7. The average molecular weight is 600 g/mol. The molecule has 0 aliphatic carbocycles. The van der Waals surface area contributed by atoms with Gasteiger partial charge in [0.2, 0.25) is 0 Å². The zero-order valence-electron chi connectivity index (χ0n) is 23.1. The highest BCUT2D eigenvalue weighted by atomic mass is 16.6. The summed E-state index contributed by atoms with van der Waals surface area (Å²) in [6.45, 7) is 1.38. The molecule has 15 heteroatoms. The SMILES string of the molecule is O=C(O)CC[C@H](NC(=O)N[C@@H](Cc1ccc(NC(=O)N2CCN(C(=O)OCc3ccccc3)CC2)cc1)C(=O)O)C(=O)O. The van der Waals surface area contributed by atoms with E-state index in [2.05, 4.69) is 16.0 Å². The Morgan fingerprint density at radius 2 is 1.33 bits per heavy atom. The van der Waals surface area contributed by atoms with Gasteiger partial charge in [0.15, 0.2) is 0 Å². The molecule has 2 atom stereocenters. The first-order valence-electron chi connectivity index (χ1n) is 13.4. The second kappa shape index (κ2) is 15.6. The van der Waals surface area contributed by atoms with Crippen molar-refractivity contribution in [3.05, 3.63) is 65.7 Å². The molecule has 2 aromatic rings. The van der Waals surface area contributed by atoms with Gasteiger partial charge in [0.25, 0.3) is 0 Å². The van der Waals surface area contributed by atoms with E-state index in [1.54, 1.807) is 29.2 Å². The summed E-state index contributed by atoms with van der Waals surface area (Å²) in [7, 11) is 0. The molecule has 1 saturated heterocycles. The molecule has 0 aromatic heterocycles. The summed E-state index contributed by atoms with van der Waals surface area (Å²) in [5, 5.41) is 34.4. The predicted octanol–water partition coefficient (Wildman–Crippen LogP) is 1.79. The van der Waals surface area contributed by atoms with Crippen LogP contribution < -0.4 is 16.0 Å². The molecular weight excluding hydrogens is 566 g/mol. The van der Waals surface area contributed by atoms with Crippen LogP contribution in [0.5, 0.6) is 0 Å². The summed E-state index contributed by atoms with van der Waals surface area (Å²) >= 11 is 0. The summed E-state index contributed by atoms with van der Waals surface area (Å²) in [6.07, 6.45) is -1.47. The van der Waals surface area contributed by atoms with Gasteiger partial charge in [0, 0.05) is 44.7 Å². The third-order valence-corrected chi connectivity index (χ3v) is 6.53. The lowest BCUT2D eigenvalue weighted by atomic mass is 10.1. The molecule has 0 unspecified atom stereocenters. The van der Waals surface area contributed by atoms with Gasteiger partial charge in [0.1, 0.15) is 18.7 Å². The molecule has 0 bridgehead atoms. The first-order valence-corrected chi connectivity index (χ1v) is 13.4. The molecule has 43 heavy (non-hydrogen) atoms. The number of nitrogens with one attached hydrogen (secondary N) is 3. The van der Waals surface area contributed by atoms with Gasteiger partial charge in [-0.05, 0) is 29.7 Å². The fourth-order valence-corrected chi connectivity index (χ4v) is 4.15. The van der Waals surface area contributed by atoms with Crippen molar-refractivity contribution in [2.75, 3.05) is 31.5 Å². The van der Waals surface area contributed by atoms with E-state index in [9.17, 15) is 33.9 Å².